The quantitative estimate of drug-likeness (QED) is 0.181. The monoisotopic (exact) mass is 729 g/mol. The maximum Gasteiger partial charge on any atom is 0.243 e. The Labute approximate surface area is 294 Å². The molecule has 14 heteroatoms. The summed E-state index contributed by atoms with van der Waals surface area (Å²) in [6, 6.07) is 18.8. The first kappa shape index (κ1) is 36.7. The van der Waals surface area contributed by atoms with Crippen LogP contribution in [0.5, 0.6) is 11.5 Å². The van der Waals surface area contributed by atoms with Crippen LogP contribution < -0.4 is 20.5 Å². The van der Waals surface area contributed by atoms with Crippen molar-refractivity contribution in [2.75, 3.05) is 46.1 Å². The molecule has 0 bridgehead atoms. The molecule has 6 rings (SSSR count). The number of hydrogen-bond acceptors (Lipinski definition) is 11. The van der Waals surface area contributed by atoms with Gasteiger partial charge in [-0.05, 0) is 86.6 Å². The van der Waals surface area contributed by atoms with Crippen molar-refractivity contribution in [1.82, 2.24) is 9.62 Å². The van der Waals surface area contributed by atoms with Gasteiger partial charge in [0.05, 0.1) is 40.0 Å². The van der Waals surface area contributed by atoms with E-state index in [1.54, 1.807) is 30.3 Å². The van der Waals surface area contributed by atoms with Crippen molar-refractivity contribution in [1.29, 1.82) is 0 Å². The predicted molar refractivity (Wildman–Crippen MR) is 188 cm³/mol. The molecule has 12 nitrogen and oxygen atoms in total. The Kier molecular flexibility index (Phi) is 10.9. The lowest BCUT2D eigenvalue weighted by Gasteiger charge is -2.38. The van der Waals surface area contributed by atoms with Crippen LogP contribution in [0.4, 0.5) is 0 Å². The second kappa shape index (κ2) is 14.9. The molecule has 1 saturated carbocycles. The third-order valence-corrected chi connectivity index (χ3v) is 14.5. The minimum absolute atomic E-state index is 0.0196. The molecule has 2 aliphatic heterocycles. The van der Waals surface area contributed by atoms with Gasteiger partial charge >= 0.3 is 0 Å². The number of aliphatic hydroxyl groups is 2. The average Bonchev–Trinajstić information content (AvgIpc) is 3.86. The largest absolute Gasteiger partial charge is 0.493 e. The summed E-state index contributed by atoms with van der Waals surface area (Å²) < 4.78 is 71.7. The van der Waals surface area contributed by atoms with Gasteiger partial charge in [-0.2, -0.15) is 4.31 Å². The van der Waals surface area contributed by atoms with Crippen LogP contribution in [0.1, 0.15) is 44.6 Å². The second-order valence-electron chi connectivity index (χ2n) is 13.5. The van der Waals surface area contributed by atoms with E-state index in [4.69, 9.17) is 19.9 Å². The van der Waals surface area contributed by atoms with E-state index in [0.717, 1.165) is 11.1 Å². The lowest BCUT2D eigenvalue weighted by Crippen LogP contribution is -2.47. The maximum absolute atomic E-state index is 13.8. The summed E-state index contributed by atoms with van der Waals surface area (Å²) in [5.74, 6) is 0.940. The van der Waals surface area contributed by atoms with Crippen molar-refractivity contribution >= 4 is 19.9 Å². The smallest absolute Gasteiger partial charge is 0.243 e. The van der Waals surface area contributed by atoms with Crippen molar-refractivity contribution in [3.05, 3.63) is 72.3 Å². The highest BCUT2D eigenvalue weighted by atomic mass is 32.2. The molecule has 2 heterocycles. The van der Waals surface area contributed by atoms with Gasteiger partial charge in [0.25, 0.3) is 0 Å². The summed E-state index contributed by atoms with van der Waals surface area (Å²) in [6.45, 7) is 3.64. The fourth-order valence-corrected chi connectivity index (χ4v) is 10.1. The van der Waals surface area contributed by atoms with Crippen molar-refractivity contribution in [3.8, 4) is 22.6 Å². The number of rotatable bonds is 15. The van der Waals surface area contributed by atoms with Crippen molar-refractivity contribution in [2.24, 2.45) is 5.73 Å². The average molecular weight is 730 g/mol. The van der Waals surface area contributed by atoms with Crippen LogP contribution >= 0.6 is 0 Å². The Bertz CT molecular complexity index is 1860. The van der Waals surface area contributed by atoms with Gasteiger partial charge < -0.3 is 35.5 Å². The number of sulfone groups is 1. The molecule has 0 unspecified atom stereocenters. The van der Waals surface area contributed by atoms with Crippen molar-refractivity contribution in [2.45, 2.75) is 77.9 Å². The molecule has 2 saturated heterocycles. The van der Waals surface area contributed by atoms with E-state index >= 15 is 0 Å². The van der Waals surface area contributed by atoms with Gasteiger partial charge in [0, 0.05) is 37.8 Å². The summed E-state index contributed by atoms with van der Waals surface area (Å²) in [7, 11) is -7.45. The predicted octanol–water partition coefficient (Wildman–Crippen LogP) is 2.85. The number of sulfonamides is 1. The van der Waals surface area contributed by atoms with E-state index in [1.165, 1.54) is 16.4 Å². The van der Waals surface area contributed by atoms with E-state index in [1.807, 2.05) is 31.2 Å². The Hall–Kier alpha value is -3.08. The number of hydrogen-bond donors (Lipinski definition) is 4. The molecule has 0 radical (unpaired) electrons. The van der Waals surface area contributed by atoms with Crippen LogP contribution in [0.25, 0.3) is 11.1 Å². The molecule has 3 aromatic rings. The summed E-state index contributed by atoms with van der Waals surface area (Å²) >= 11 is 0. The molecule has 3 aromatic carbocycles. The normalized spacial score (nSPS) is 20.8. The summed E-state index contributed by atoms with van der Waals surface area (Å²) in [4.78, 5) is 0.308. The molecular weight excluding hydrogens is 683 g/mol. The zero-order valence-corrected chi connectivity index (χ0v) is 29.9. The van der Waals surface area contributed by atoms with Crippen LogP contribution in [-0.2, 0) is 31.1 Å². The van der Waals surface area contributed by atoms with Gasteiger partial charge in [-0.25, -0.2) is 16.8 Å². The molecule has 50 heavy (non-hydrogen) atoms. The van der Waals surface area contributed by atoms with E-state index in [-0.39, 0.29) is 29.0 Å². The lowest BCUT2D eigenvalue weighted by atomic mass is 9.88. The van der Waals surface area contributed by atoms with E-state index in [2.05, 4.69) is 5.32 Å². The number of ether oxygens (including phenoxy) is 3. The molecule has 272 valence electrons. The summed E-state index contributed by atoms with van der Waals surface area (Å²) in [6.07, 6.45) is 1.80. The van der Waals surface area contributed by atoms with Crippen LogP contribution in [0.3, 0.4) is 0 Å². The van der Waals surface area contributed by atoms with Crippen molar-refractivity contribution in [3.63, 3.8) is 0 Å². The second-order valence-corrected chi connectivity index (χ2v) is 17.8. The fraction of sp³-hybridized carbons (Fsp3) is 0.500. The van der Waals surface area contributed by atoms with Crippen LogP contribution in [0, 0.1) is 0 Å². The Morgan fingerprint density at radius 3 is 2.38 bits per heavy atom. The fourth-order valence-electron chi connectivity index (χ4n) is 6.79. The van der Waals surface area contributed by atoms with Gasteiger partial charge in [-0.15, -0.1) is 0 Å². The molecule has 0 aromatic heterocycles. The van der Waals surface area contributed by atoms with Crippen LogP contribution in [-0.4, -0.2) is 99.9 Å². The maximum atomic E-state index is 13.8. The molecule has 3 fully saturated rings. The highest BCUT2D eigenvalue weighted by Crippen LogP contribution is 2.46. The SMILES string of the molecule is CCOc1ccc(S(=O)(=O)N2CCC3(CC2)C[C@H](NC[C@H](O)COc2cccc(S(=O)(=O)C4(CO)CC4)c2)CO3)cc1-c1ccc(CN)cc1. The standard InChI is InChI=1S/C36H47N3O9S2/c1-2-46-34-11-10-32(19-33(34)27-8-6-26(21-37)7-9-27)50(44,45)39-16-14-35(15-17-39)20-28(23-48-35)38-22-29(41)24-47-30-4-3-5-31(18-30)49(42,43)36(25-40)12-13-36/h3-11,18-19,28-29,38,40-41H,2,12-17,20-25,37H2,1H3/t28-,29-/m0/s1. The van der Waals surface area contributed by atoms with Crippen LogP contribution in [0.15, 0.2) is 76.5 Å². The van der Waals surface area contributed by atoms with Gasteiger partial charge in [0.2, 0.25) is 10.0 Å². The first-order valence-corrected chi connectivity index (χ1v) is 20.1. The Balaban J connectivity index is 1.00. The third-order valence-electron chi connectivity index (χ3n) is 10.1. The molecule has 3 aliphatic rings. The minimum Gasteiger partial charge on any atom is -0.493 e. The first-order valence-electron chi connectivity index (χ1n) is 17.1. The number of aliphatic hydroxyl groups excluding tert-OH is 2. The highest BCUT2D eigenvalue weighted by molar-refractivity contribution is 7.93. The number of nitrogens with one attached hydrogen (secondary N) is 1. The molecule has 2 atom stereocenters. The summed E-state index contributed by atoms with van der Waals surface area (Å²) in [5.41, 5.74) is 7.85. The lowest BCUT2D eigenvalue weighted by molar-refractivity contribution is -0.0312. The zero-order chi connectivity index (χ0) is 35.6. The third kappa shape index (κ3) is 7.58. The Morgan fingerprint density at radius 2 is 1.72 bits per heavy atom. The first-order chi connectivity index (χ1) is 23.9. The molecule has 0 amide bonds. The van der Waals surface area contributed by atoms with Gasteiger partial charge in [-0.3, -0.25) is 0 Å². The van der Waals surface area contributed by atoms with Crippen molar-refractivity contribution < 1.29 is 41.3 Å². The number of nitrogens with zero attached hydrogens (tertiary/aromatic N) is 1. The van der Waals surface area contributed by atoms with Gasteiger partial charge in [0.1, 0.15) is 24.2 Å². The number of piperidine rings is 1. The summed E-state index contributed by atoms with van der Waals surface area (Å²) in [5, 5.41) is 23.6. The van der Waals surface area contributed by atoms with E-state index in [0.29, 0.717) is 82.0 Å². The van der Waals surface area contributed by atoms with Crippen LogP contribution in [0.2, 0.25) is 0 Å². The molecule has 1 spiro atoms. The minimum atomic E-state index is -3.77. The highest BCUT2D eigenvalue weighted by Gasteiger charge is 2.54. The number of benzene rings is 3. The number of nitrogens with two attached hydrogens (primary N) is 1. The van der Waals surface area contributed by atoms with E-state index < -0.39 is 42.9 Å². The van der Waals surface area contributed by atoms with Gasteiger partial charge in [-0.1, -0.05) is 30.3 Å². The molecular formula is C36H47N3O9S2. The Morgan fingerprint density at radius 1 is 0.980 bits per heavy atom. The van der Waals surface area contributed by atoms with E-state index in [9.17, 15) is 27.0 Å². The molecule has 1 aliphatic carbocycles. The van der Waals surface area contributed by atoms with Gasteiger partial charge in [0.15, 0.2) is 9.84 Å². The topological polar surface area (TPSA) is 178 Å². The zero-order valence-electron chi connectivity index (χ0n) is 28.3. The molecule has 5 N–H and O–H groups in total.